The Hall–Kier alpha value is -3.97. The van der Waals surface area contributed by atoms with Crippen molar-refractivity contribution in [3.63, 3.8) is 0 Å². The molecular formula is C28H26N2O4S. The summed E-state index contributed by atoms with van der Waals surface area (Å²) in [6.07, 6.45) is 0.366. The molecule has 1 aromatic heterocycles. The summed E-state index contributed by atoms with van der Waals surface area (Å²) >= 11 is 1.57. The van der Waals surface area contributed by atoms with Crippen LogP contribution < -0.4 is 14.8 Å². The van der Waals surface area contributed by atoms with E-state index in [1.54, 1.807) is 37.7 Å². The molecule has 1 amide bonds. The molecule has 4 aromatic rings. The molecule has 0 aliphatic heterocycles. The first-order valence-corrected chi connectivity index (χ1v) is 12.1. The number of thiazole rings is 1. The van der Waals surface area contributed by atoms with Crippen LogP contribution >= 0.6 is 11.3 Å². The summed E-state index contributed by atoms with van der Waals surface area (Å²) in [7, 11) is 3.23. The Morgan fingerprint density at radius 1 is 0.857 bits per heavy atom. The SMILES string of the molecule is COc1ccc(-c2csc(-c3ccc(CNC(=O)CCC(=O)c4ccccc4)cc3)n2)cc1OC. The third kappa shape index (κ3) is 6.13. The lowest BCUT2D eigenvalue weighted by molar-refractivity contribution is -0.121. The van der Waals surface area contributed by atoms with Gasteiger partial charge < -0.3 is 14.8 Å². The highest BCUT2D eigenvalue weighted by Crippen LogP contribution is 2.34. The number of nitrogens with one attached hydrogen (secondary N) is 1. The zero-order valence-electron chi connectivity index (χ0n) is 19.6. The first kappa shape index (κ1) is 24.2. The van der Waals surface area contributed by atoms with Gasteiger partial charge in [0.15, 0.2) is 17.3 Å². The van der Waals surface area contributed by atoms with E-state index in [2.05, 4.69) is 5.32 Å². The number of rotatable bonds is 10. The van der Waals surface area contributed by atoms with Gasteiger partial charge in [-0.05, 0) is 23.8 Å². The fraction of sp³-hybridized carbons (Fsp3) is 0.179. The molecule has 0 saturated heterocycles. The number of ketones is 1. The van der Waals surface area contributed by atoms with Crippen molar-refractivity contribution in [1.82, 2.24) is 10.3 Å². The quantitative estimate of drug-likeness (QED) is 0.288. The number of benzene rings is 3. The average molecular weight is 487 g/mol. The number of carbonyl (C=O) groups is 2. The van der Waals surface area contributed by atoms with E-state index in [-0.39, 0.29) is 24.5 Å². The maximum Gasteiger partial charge on any atom is 0.220 e. The summed E-state index contributed by atoms with van der Waals surface area (Å²) in [4.78, 5) is 29.1. The minimum atomic E-state index is -0.141. The van der Waals surface area contributed by atoms with Gasteiger partial charge in [0.2, 0.25) is 5.91 Å². The van der Waals surface area contributed by atoms with Gasteiger partial charge in [0.1, 0.15) is 5.01 Å². The van der Waals surface area contributed by atoms with Gasteiger partial charge in [-0.3, -0.25) is 9.59 Å². The Morgan fingerprint density at radius 3 is 2.29 bits per heavy atom. The number of hydrogen-bond acceptors (Lipinski definition) is 6. The molecule has 0 atom stereocenters. The van der Waals surface area contributed by atoms with Crippen LogP contribution in [0.15, 0.2) is 78.2 Å². The van der Waals surface area contributed by atoms with E-state index < -0.39 is 0 Å². The predicted octanol–water partition coefficient (Wildman–Crippen LogP) is 5.77. The van der Waals surface area contributed by atoms with Gasteiger partial charge in [-0.2, -0.15) is 0 Å². The molecule has 1 heterocycles. The molecule has 0 spiro atoms. The maximum absolute atomic E-state index is 12.2. The number of nitrogens with zero attached hydrogens (tertiary/aromatic N) is 1. The molecule has 0 saturated carbocycles. The molecule has 1 N–H and O–H groups in total. The molecule has 0 radical (unpaired) electrons. The first-order valence-electron chi connectivity index (χ1n) is 11.2. The van der Waals surface area contributed by atoms with Crippen LogP contribution in [0.25, 0.3) is 21.8 Å². The molecule has 0 unspecified atom stereocenters. The highest BCUT2D eigenvalue weighted by molar-refractivity contribution is 7.13. The second-order valence-electron chi connectivity index (χ2n) is 7.87. The Kier molecular flexibility index (Phi) is 7.90. The number of amides is 1. The van der Waals surface area contributed by atoms with Gasteiger partial charge in [-0.25, -0.2) is 4.98 Å². The number of Topliss-reactive ketones (excluding diaryl/α,β-unsaturated/α-hetero) is 1. The van der Waals surface area contributed by atoms with Crippen molar-refractivity contribution < 1.29 is 19.1 Å². The molecular weight excluding hydrogens is 460 g/mol. The van der Waals surface area contributed by atoms with Crippen molar-refractivity contribution in [2.45, 2.75) is 19.4 Å². The zero-order chi connectivity index (χ0) is 24.6. The van der Waals surface area contributed by atoms with E-state index in [1.807, 2.05) is 66.0 Å². The molecule has 6 nitrogen and oxygen atoms in total. The molecule has 3 aromatic carbocycles. The number of carbonyl (C=O) groups excluding carboxylic acids is 2. The van der Waals surface area contributed by atoms with Gasteiger partial charge in [-0.15, -0.1) is 11.3 Å². The molecule has 0 bridgehead atoms. The molecule has 4 rings (SSSR count). The molecule has 0 aliphatic carbocycles. The highest BCUT2D eigenvalue weighted by atomic mass is 32.1. The summed E-state index contributed by atoms with van der Waals surface area (Å²) in [5.74, 6) is 1.17. The molecule has 178 valence electrons. The number of ether oxygens (including phenoxy) is 2. The van der Waals surface area contributed by atoms with Crippen LogP contribution in [0.1, 0.15) is 28.8 Å². The van der Waals surface area contributed by atoms with Crippen LogP contribution in [0.2, 0.25) is 0 Å². The van der Waals surface area contributed by atoms with Crippen molar-refractivity contribution in [3.05, 3.63) is 89.3 Å². The Labute approximate surface area is 208 Å². The van der Waals surface area contributed by atoms with E-state index in [1.165, 1.54) is 0 Å². The minimum absolute atomic E-state index is 0.0268. The van der Waals surface area contributed by atoms with Crippen molar-refractivity contribution in [2.75, 3.05) is 14.2 Å². The average Bonchev–Trinajstić information content (AvgIpc) is 3.41. The summed E-state index contributed by atoms with van der Waals surface area (Å²) in [6.45, 7) is 0.410. The number of aromatic nitrogens is 1. The van der Waals surface area contributed by atoms with Gasteiger partial charge in [0.25, 0.3) is 0 Å². The van der Waals surface area contributed by atoms with E-state index in [0.29, 0.717) is 23.6 Å². The van der Waals surface area contributed by atoms with E-state index >= 15 is 0 Å². The third-order valence-electron chi connectivity index (χ3n) is 5.55. The van der Waals surface area contributed by atoms with Crippen molar-refractivity contribution in [3.8, 4) is 33.3 Å². The standard InChI is InChI=1S/C28H26N2O4S/c1-33-25-14-12-22(16-26(25)34-2)23-18-35-28(30-23)21-10-8-19(9-11-21)17-29-27(32)15-13-24(31)20-6-4-3-5-7-20/h3-12,14,16,18H,13,15,17H2,1-2H3,(H,29,32). The van der Waals surface area contributed by atoms with Crippen molar-refractivity contribution >= 4 is 23.0 Å². The monoisotopic (exact) mass is 486 g/mol. The predicted molar refractivity (Wildman–Crippen MR) is 138 cm³/mol. The first-order chi connectivity index (χ1) is 17.1. The van der Waals surface area contributed by atoms with Crippen LogP contribution in [-0.4, -0.2) is 30.9 Å². The number of methoxy groups -OCH3 is 2. The molecule has 0 aliphatic rings. The van der Waals surface area contributed by atoms with E-state index in [4.69, 9.17) is 14.5 Å². The fourth-order valence-electron chi connectivity index (χ4n) is 3.58. The second kappa shape index (κ2) is 11.4. The lowest BCUT2D eigenvalue weighted by atomic mass is 10.1. The molecule has 7 heteroatoms. The summed E-state index contributed by atoms with van der Waals surface area (Å²) in [5.41, 5.74) is 4.44. The Bertz CT molecular complexity index is 1300. The van der Waals surface area contributed by atoms with Crippen LogP contribution in [0.3, 0.4) is 0 Å². The topological polar surface area (TPSA) is 77.5 Å². The van der Waals surface area contributed by atoms with Crippen LogP contribution in [0.5, 0.6) is 11.5 Å². The van der Waals surface area contributed by atoms with Crippen LogP contribution in [0.4, 0.5) is 0 Å². The smallest absolute Gasteiger partial charge is 0.220 e. The maximum atomic E-state index is 12.2. The minimum Gasteiger partial charge on any atom is -0.493 e. The van der Waals surface area contributed by atoms with E-state index in [9.17, 15) is 9.59 Å². The molecule has 0 fully saturated rings. The lowest BCUT2D eigenvalue weighted by Crippen LogP contribution is -2.23. The third-order valence-corrected chi connectivity index (χ3v) is 6.44. The Balaban J connectivity index is 1.32. The van der Waals surface area contributed by atoms with Gasteiger partial charge in [0.05, 0.1) is 19.9 Å². The second-order valence-corrected chi connectivity index (χ2v) is 8.73. The van der Waals surface area contributed by atoms with Crippen molar-refractivity contribution in [1.29, 1.82) is 0 Å². The normalized spacial score (nSPS) is 10.6. The zero-order valence-corrected chi connectivity index (χ0v) is 20.4. The number of hydrogen-bond donors (Lipinski definition) is 1. The Morgan fingerprint density at radius 2 is 1.57 bits per heavy atom. The highest BCUT2D eigenvalue weighted by Gasteiger charge is 2.11. The molecule has 35 heavy (non-hydrogen) atoms. The van der Waals surface area contributed by atoms with Gasteiger partial charge in [-0.1, -0.05) is 54.6 Å². The van der Waals surface area contributed by atoms with Crippen molar-refractivity contribution in [2.24, 2.45) is 0 Å². The van der Waals surface area contributed by atoms with E-state index in [0.717, 1.165) is 27.4 Å². The summed E-state index contributed by atoms with van der Waals surface area (Å²) in [6, 6.07) is 22.7. The summed E-state index contributed by atoms with van der Waals surface area (Å²) in [5, 5.41) is 5.81. The van der Waals surface area contributed by atoms with Crippen LogP contribution in [-0.2, 0) is 11.3 Å². The lowest BCUT2D eigenvalue weighted by Gasteiger charge is -2.08. The fourth-order valence-corrected chi connectivity index (χ4v) is 4.42. The largest absolute Gasteiger partial charge is 0.493 e. The van der Waals surface area contributed by atoms with Gasteiger partial charge in [0, 0.05) is 41.5 Å². The van der Waals surface area contributed by atoms with Crippen LogP contribution in [0, 0.1) is 0 Å². The summed E-state index contributed by atoms with van der Waals surface area (Å²) < 4.78 is 10.7. The van der Waals surface area contributed by atoms with Gasteiger partial charge >= 0.3 is 0 Å².